The van der Waals surface area contributed by atoms with Gasteiger partial charge < -0.3 is 11.8 Å². The van der Waals surface area contributed by atoms with Crippen LogP contribution in [0.15, 0.2) is 24.4 Å². The van der Waals surface area contributed by atoms with Gasteiger partial charge in [-0.3, -0.25) is 0 Å². The first-order valence-electron chi connectivity index (χ1n) is 5.16. The first-order chi connectivity index (χ1) is 8.85. The molecule has 0 atom stereocenters. The fraction of sp³-hybridized carbons (Fsp3) is 0.182. The second-order valence-corrected chi connectivity index (χ2v) is 3.74. The molecule has 0 saturated carbocycles. The predicted octanol–water partition coefficient (Wildman–Crippen LogP) is -0.581. The summed E-state index contributed by atoms with van der Waals surface area (Å²) in [5.41, 5.74) is 0.169. The van der Waals surface area contributed by atoms with Crippen LogP contribution in [0.5, 0.6) is 0 Å². The van der Waals surface area contributed by atoms with E-state index >= 15 is 0 Å². The van der Waals surface area contributed by atoms with Crippen molar-refractivity contribution in [3.8, 4) is 0 Å². The van der Waals surface area contributed by atoms with Crippen LogP contribution in [-0.4, -0.2) is 33.8 Å². The van der Waals surface area contributed by atoms with Gasteiger partial charge in [0.2, 0.25) is 0 Å². The van der Waals surface area contributed by atoms with Crippen LogP contribution in [0.1, 0.15) is 11.8 Å². The van der Waals surface area contributed by atoms with Crippen LogP contribution in [0.4, 0.5) is 19.0 Å². The zero-order valence-corrected chi connectivity index (χ0v) is 10.4. The molecular weight excluding hydrogens is 270 g/mol. The summed E-state index contributed by atoms with van der Waals surface area (Å²) in [4.78, 5) is 18.4. The fourth-order valence-electron chi connectivity index (χ4n) is 1.42. The summed E-state index contributed by atoms with van der Waals surface area (Å²) in [5, 5.41) is 11.3. The molecule has 2 rings (SSSR count). The number of nitrogens with zero attached hydrogens (tertiary/aromatic N) is 2. The smallest absolute Gasteiger partial charge is 1.00 e. The standard InChI is InChI=1S/C11H8F3N3O2.Li.H/c12-11(13,14)5-16-8-2-1-6-3-7(10(18)19)4-15-9(6)17-8;;/h1-4H,5H2,(H,18,19)(H,15,16,17);;/q;+1;-1. The second-order valence-electron chi connectivity index (χ2n) is 3.74. The molecule has 0 aromatic carbocycles. The van der Waals surface area contributed by atoms with Gasteiger partial charge >= 0.3 is 31.0 Å². The van der Waals surface area contributed by atoms with Crippen LogP contribution in [-0.2, 0) is 0 Å². The minimum absolute atomic E-state index is 0. The average molecular weight is 279 g/mol. The van der Waals surface area contributed by atoms with Gasteiger partial charge in [0.05, 0.1) is 5.56 Å². The Labute approximate surface area is 124 Å². The zero-order chi connectivity index (χ0) is 14.0. The maximum Gasteiger partial charge on any atom is 1.00 e. The third-order valence-electron chi connectivity index (χ3n) is 2.26. The molecule has 0 aliphatic carbocycles. The van der Waals surface area contributed by atoms with Crippen LogP contribution in [0.3, 0.4) is 0 Å². The number of fused-ring (bicyclic) bond motifs is 1. The van der Waals surface area contributed by atoms with Crippen molar-refractivity contribution in [3.63, 3.8) is 0 Å². The average Bonchev–Trinajstić information content (AvgIpc) is 2.34. The van der Waals surface area contributed by atoms with Crippen LogP contribution in [0.25, 0.3) is 11.0 Å². The van der Waals surface area contributed by atoms with Crippen molar-refractivity contribution in [1.82, 2.24) is 9.97 Å². The zero-order valence-electron chi connectivity index (χ0n) is 11.4. The van der Waals surface area contributed by atoms with Crippen LogP contribution >= 0.6 is 0 Å². The molecule has 2 N–H and O–H groups in total. The van der Waals surface area contributed by atoms with Crippen molar-refractivity contribution in [3.05, 3.63) is 30.0 Å². The Kier molecular flexibility index (Phi) is 4.97. The van der Waals surface area contributed by atoms with E-state index in [9.17, 15) is 18.0 Å². The molecule has 20 heavy (non-hydrogen) atoms. The van der Waals surface area contributed by atoms with Gasteiger partial charge in [-0.1, -0.05) is 0 Å². The quantitative estimate of drug-likeness (QED) is 0.735. The molecule has 0 amide bonds. The third kappa shape index (κ3) is 4.11. The van der Waals surface area contributed by atoms with Crippen molar-refractivity contribution >= 4 is 22.8 Å². The summed E-state index contributed by atoms with van der Waals surface area (Å²) in [5.74, 6) is -1.10. The molecule has 5 nitrogen and oxygen atoms in total. The summed E-state index contributed by atoms with van der Waals surface area (Å²) in [6.07, 6.45) is -3.23. The third-order valence-corrected chi connectivity index (χ3v) is 2.26. The van der Waals surface area contributed by atoms with Gasteiger partial charge in [-0.15, -0.1) is 0 Å². The molecular formula is C11H9F3LiN3O2. The van der Waals surface area contributed by atoms with Crippen molar-refractivity contribution in [2.45, 2.75) is 6.18 Å². The molecule has 0 radical (unpaired) electrons. The van der Waals surface area contributed by atoms with E-state index in [2.05, 4.69) is 15.3 Å². The van der Waals surface area contributed by atoms with Gasteiger partial charge in [-0.05, 0) is 18.2 Å². The first-order valence-corrected chi connectivity index (χ1v) is 5.16. The Morgan fingerprint density at radius 3 is 2.70 bits per heavy atom. The Bertz CT molecular complexity index is 640. The van der Waals surface area contributed by atoms with E-state index in [1.165, 1.54) is 18.2 Å². The fourth-order valence-corrected chi connectivity index (χ4v) is 1.42. The molecule has 102 valence electrons. The minimum atomic E-state index is -4.34. The van der Waals surface area contributed by atoms with Crippen molar-refractivity contribution in [2.75, 3.05) is 11.9 Å². The Balaban J connectivity index is 0.00000200. The summed E-state index contributed by atoms with van der Waals surface area (Å²) in [7, 11) is 0. The van der Waals surface area contributed by atoms with E-state index in [1.54, 1.807) is 0 Å². The SMILES string of the molecule is O=C(O)c1cnc2nc(NCC(F)(F)F)ccc2c1.[H-].[Li+]. The van der Waals surface area contributed by atoms with Crippen molar-refractivity contribution < 1.29 is 43.4 Å². The van der Waals surface area contributed by atoms with E-state index in [0.717, 1.165) is 6.20 Å². The molecule has 0 aliphatic rings. The molecule has 0 fully saturated rings. The van der Waals surface area contributed by atoms with Gasteiger partial charge in [0.15, 0.2) is 5.65 Å². The number of nitrogens with one attached hydrogen (secondary N) is 1. The maximum atomic E-state index is 12.0. The molecule has 0 aliphatic heterocycles. The van der Waals surface area contributed by atoms with Crippen molar-refractivity contribution in [1.29, 1.82) is 0 Å². The van der Waals surface area contributed by atoms with Crippen LogP contribution in [0.2, 0.25) is 0 Å². The molecule has 0 spiro atoms. The number of hydrogen-bond donors (Lipinski definition) is 2. The second kappa shape index (κ2) is 6.11. The monoisotopic (exact) mass is 279 g/mol. The Morgan fingerprint density at radius 1 is 1.40 bits per heavy atom. The molecule has 2 aromatic heterocycles. The van der Waals surface area contributed by atoms with Gasteiger partial charge in [0, 0.05) is 11.6 Å². The van der Waals surface area contributed by atoms with E-state index in [0.29, 0.717) is 5.39 Å². The maximum absolute atomic E-state index is 12.0. The van der Waals surface area contributed by atoms with Gasteiger partial charge in [-0.25, -0.2) is 14.8 Å². The topological polar surface area (TPSA) is 75.1 Å². The summed E-state index contributed by atoms with van der Waals surface area (Å²) in [6.45, 7) is -1.20. The number of pyridine rings is 2. The van der Waals surface area contributed by atoms with Crippen LogP contribution in [0, 0.1) is 0 Å². The molecule has 0 unspecified atom stereocenters. The van der Waals surface area contributed by atoms with Crippen molar-refractivity contribution in [2.24, 2.45) is 0 Å². The molecule has 0 bridgehead atoms. The molecule has 9 heteroatoms. The number of carboxylic acids is 1. The number of halogens is 3. The largest absolute Gasteiger partial charge is 1.00 e. The number of carboxylic acid groups (broad SMARTS) is 1. The molecule has 2 heterocycles. The predicted molar refractivity (Wildman–Crippen MR) is 62.2 cm³/mol. The number of aromatic nitrogens is 2. The molecule has 0 saturated heterocycles. The summed E-state index contributed by atoms with van der Waals surface area (Å²) in [6, 6.07) is 4.15. The number of rotatable bonds is 3. The first kappa shape index (κ1) is 16.3. The van der Waals surface area contributed by atoms with Gasteiger partial charge in [-0.2, -0.15) is 13.2 Å². The summed E-state index contributed by atoms with van der Waals surface area (Å²) >= 11 is 0. The van der Waals surface area contributed by atoms with E-state index in [1.807, 2.05) is 0 Å². The van der Waals surface area contributed by atoms with E-state index in [-0.39, 0.29) is 37.3 Å². The summed E-state index contributed by atoms with van der Waals surface area (Å²) < 4.78 is 36.1. The Morgan fingerprint density at radius 2 is 2.10 bits per heavy atom. The Hall–Kier alpha value is -1.78. The van der Waals surface area contributed by atoms with E-state index in [4.69, 9.17) is 5.11 Å². The van der Waals surface area contributed by atoms with Gasteiger partial charge in [0.25, 0.3) is 0 Å². The number of hydrogen-bond acceptors (Lipinski definition) is 4. The number of aromatic carboxylic acids is 1. The van der Waals surface area contributed by atoms with Crippen LogP contribution < -0.4 is 24.2 Å². The number of alkyl halides is 3. The van der Waals surface area contributed by atoms with Gasteiger partial charge in [0.1, 0.15) is 12.4 Å². The van der Waals surface area contributed by atoms with E-state index < -0.39 is 18.7 Å². The minimum Gasteiger partial charge on any atom is -1.00 e. The molecule has 2 aromatic rings. The normalized spacial score (nSPS) is 10.9. The number of carbonyl (C=O) groups is 1. The number of anilines is 1.